The van der Waals surface area contributed by atoms with Crippen molar-refractivity contribution in [3.63, 3.8) is 0 Å². The number of carbonyl (C=O) groups is 1. The number of aromatic nitrogens is 1. The average molecular weight is 454 g/mol. The maximum Gasteiger partial charge on any atom is 0.418 e. The number of hydrogen-bond acceptors (Lipinski definition) is 4. The Morgan fingerprint density at radius 1 is 1.23 bits per heavy atom. The molecule has 1 aliphatic rings. The van der Waals surface area contributed by atoms with Crippen LogP contribution < -0.4 is 10.2 Å². The van der Waals surface area contributed by atoms with E-state index >= 15 is 0 Å². The highest BCUT2D eigenvalue weighted by molar-refractivity contribution is 7.19. The third kappa shape index (κ3) is 4.25. The van der Waals surface area contributed by atoms with Crippen LogP contribution in [0.1, 0.15) is 23.3 Å². The molecule has 3 heterocycles. The van der Waals surface area contributed by atoms with Crippen LogP contribution in [0.3, 0.4) is 0 Å². The molecule has 2 aromatic heterocycles. The maximum absolute atomic E-state index is 13.3. The Morgan fingerprint density at radius 3 is 2.67 bits per heavy atom. The Kier molecular flexibility index (Phi) is 5.63. The molecule has 30 heavy (non-hydrogen) atoms. The number of anilines is 2. The molecular formula is C21H19ClF3N3OS. The summed E-state index contributed by atoms with van der Waals surface area (Å²) in [5.74, 6) is 0.134. The molecule has 1 N–H and O–H groups in total. The minimum Gasteiger partial charge on any atom is -0.356 e. The summed E-state index contributed by atoms with van der Waals surface area (Å²) in [6, 6.07) is 7.46. The zero-order valence-electron chi connectivity index (χ0n) is 16.1. The first kappa shape index (κ1) is 20.9. The van der Waals surface area contributed by atoms with Crippen LogP contribution in [0.5, 0.6) is 0 Å². The fourth-order valence-electron chi connectivity index (χ4n) is 3.78. The standard InChI is InChI=1S/C21H19ClF3N3OS/c1-12-10-15-18(30-12)4-7-26-19(15)28-8-5-13(6-9-28)20(29)27-17-3-2-14(22)11-16(17)21(23,24)25/h2-4,7,10-11,13H,5-6,8-9H2,1H3,(H,27,29). The third-order valence-electron chi connectivity index (χ3n) is 5.26. The van der Waals surface area contributed by atoms with Crippen LogP contribution >= 0.6 is 22.9 Å². The summed E-state index contributed by atoms with van der Waals surface area (Å²) in [4.78, 5) is 20.5. The van der Waals surface area contributed by atoms with Gasteiger partial charge in [0.05, 0.1) is 11.3 Å². The van der Waals surface area contributed by atoms with Gasteiger partial charge in [-0.1, -0.05) is 11.6 Å². The van der Waals surface area contributed by atoms with E-state index < -0.39 is 17.6 Å². The number of halogens is 4. The molecule has 158 valence electrons. The number of benzene rings is 1. The fourth-order valence-corrected chi connectivity index (χ4v) is 4.86. The van der Waals surface area contributed by atoms with Crippen LogP contribution in [0.15, 0.2) is 36.5 Å². The number of amides is 1. The molecule has 0 unspecified atom stereocenters. The van der Waals surface area contributed by atoms with Gasteiger partial charge in [-0.3, -0.25) is 4.79 Å². The molecule has 1 aromatic carbocycles. The lowest BCUT2D eigenvalue weighted by atomic mass is 9.95. The molecule has 1 fully saturated rings. The maximum atomic E-state index is 13.3. The number of piperidine rings is 1. The summed E-state index contributed by atoms with van der Waals surface area (Å²) in [6.07, 6.45) is -1.73. The van der Waals surface area contributed by atoms with Crippen molar-refractivity contribution >= 4 is 50.4 Å². The molecular weight excluding hydrogens is 435 g/mol. The second kappa shape index (κ2) is 8.07. The van der Waals surface area contributed by atoms with Crippen LogP contribution in [0, 0.1) is 12.8 Å². The number of carbonyl (C=O) groups excluding carboxylic acids is 1. The van der Waals surface area contributed by atoms with Crippen molar-refractivity contribution in [3.05, 3.63) is 52.0 Å². The molecule has 1 aliphatic heterocycles. The Balaban J connectivity index is 1.45. The number of nitrogens with one attached hydrogen (secondary N) is 1. The minimum atomic E-state index is -4.60. The number of fused-ring (bicyclic) bond motifs is 1. The first-order valence-electron chi connectivity index (χ1n) is 9.50. The van der Waals surface area contributed by atoms with E-state index in [0.29, 0.717) is 25.9 Å². The van der Waals surface area contributed by atoms with Gasteiger partial charge in [-0.15, -0.1) is 11.3 Å². The van der Waals surface area contributed by atoms with E-state index in [1.54, 1.807) is 17.5 Å². The van der Waals surface area contributed by atoms with Gasteiger partial charge in [0.2, 0.25) is 5.91 Å². The van der Waals surface area contributed by atoms with E-state index in [1.807, 2.05) is 6.07 Å². The van der Waals surface area contributed by atoms with Crippen molar-refractivity contribution in [2.45, 2.75) is 25.9 Å². The van der Waals surface area contributed by atoms with Gasteiger partial charge in [-0.25, -0.2) is 4.98 Å². The number of nitrogens with zero attached hydrogens (tertiary/aromatic N) is 2. The van der Waals surface area contributed by atoms with E-state index in [9.17, 15) is 18.0 Å². The Labute approximate surface area is 180 Å². The molecule has 0 atom stereocenters. The molecule has 3 aromatic rings. The second-order valence-electron chi connectivity index (χ2n) is 7.34. The number of rotatable bonds is 3. The largest absolute Gasteiger partial charge is 0.418 e. The highest BCUT2D eigenvalue weighted by Crippen LogP contribution is 2.37. The van der Waals surface area contributed by atoms with Crippen molar-refractivity contribution in [2.24, 2.45) is 5.92 Å². The van der Waals surface area contributed by atoms with Crippen molar-refractivity contribution < 1.29 is 18.0 Å². The molecule has 0 aliphatic carbocycles. The summed E-state index contributed by atoms with van der Waals surface area (Å²) < 4.78 is 41.0. The van der Waals surface area contributed by atoms with Gasteiger partial charge in [0.1, 0.15) is 5.82 Å². The average Bonchev–Trinajstić information content (AvgIpc) is 3.09. The minimum absolute atomic E-state index is 0.0287. The van der Waals surface area contributed by atoms with E-state index in [1.165, 1.54) is 21.7 Å². The van der Waals surface area contributed by atoms with E-state index in [2.05, 4.69) is 28.2 Å². The molecule has 1 saturated heterocycles. The molecule has 9 heteroatoms. The van der Waals surface area contributed by atoms with Crippen LogP contribution in [0.2, 0.25) is 5.02 Å². The number of aryl methyl sites for hydroxylation is 1. The fraction of sp³-hybridized carbons (Fsp3) is 0.333. The molecule has 0 saturated carbocycles. The van der Waals surface area contributed by atoms with Crippen LogP contribution in [-0.2, 0) is 11.0 Å². The second-order valence-corrected chi connectivity index (χ2v) is 9.07. The topological polar surface area (TPSA) is 45.2 Å². The molecule has 4 rings (SSSR count). The van der Waals surface area contributed by atoms with Gasteiger partial charge in [0.25, 0.3) is 0 Å². The summed E-state index contributed by atoms with van der Waals surface area (Å²) in [5.41, 5.74) is -1.20. The summed E-state index contributed by atoms with van der Waals surface area (Å²) in [7, 11) is 0. The molecule has 1 amide bonds. The van der Waals surface area contributed by atoms with E-state index in [0.717, 1.165) is 17.3 Å². The Hall–Kier alpha value is -2.32. The summed E-state index contributed by atoms with van der Waals surface area (Å²) in [6.45, 7) is 3.29. The van der Waals surface area contributed by atoms with Crippen molar-refractivity contribution in [1.29, 1.82) is 0 Å². The van der Waals surface area contributed by atoms with Crippen LogP contribution in [0.25, 0.3) is 10.1 Å². The van der Waals surface area contributed by atoms with E-state index in [-0.39, 0.29) is 16.6 Å². The normalized spacial score (nSPS) is 15.6. The molecule has 0 bridgehead atoms. The molecule has 0 spiro atoms. The lowest BCUT2D eigenvalue weighted by Gasteiger charge is -2.32. The third-order valence-corrected chi connectivity index (χ3v) is 6.51. The Bertz CT molecular complexity index is 1090. The highest BCUT2D eigenvalue weighted by Gasteiger charge is 2.35. The predicted molar refractivity (Wildman–Crippen MR) is 114 cm³/mol. The number of alkyl halides is 3. The van der Waals surface area contributed by atoms with Crippen molar-refractivity contribution in [3.8, 4) is 0 Å². The number of pyridine rings is 1. The lowest BCUT2D eigenvalue weighted by Crippen LogP contribution is -2.38. The van der Waals surface area contributed by atoms with Gasteiger partial charge in [0, 0.05) is 45.2 Å². The van der Waals surface area contributed by atoms with Crippen molar-refractivity contribution in [1.82, 2.24) is 4.98 Å². The predicted octanol–water partition coefficient (Wildman–Crippen LogP) is 6.13. The van der Waals surface area contributed by atoms with Gasteiger partial charge in [-0.05, 0) is 50.1 Å². The van der Waals surface area contributed by atoms with Gasteiger partial charge >= 0.3 is 6.18 Å². The zero-order valence-corrected chi connectivity index (χ0v) is 17.7. The van der Waals surface area contributed by atoms with Crippen LogP contribution in [0.4, 0.5) is 24.7 Å². The monoisotopic (exact) mass is 453 g/mol. The van der Waals surface area contributed by atoms with E-state index in [4.69, 9.17) is 11.6 Å². The quantitative estimate of drug-likeness (QED) is 0.518. The highest BCUT2D eigenvalue weighted by atomic mass is 35.5. The first-order chi connectivity index (χ1) is 14.2. The number of hydrogen-bond donors (Lipinski definition) is 1. The van der Waals surface area contributed by atoms with Gasteiger partial charge in [0.15, 0.2) is 0 Å². The van der Waals surface area contributed by atoms with Gasteiger partial charge in [-0.2, -0.15) is 13.2 Å². The van der Waals surface area contributed by atoms with Crippen molar-refractivity contribution in [2.75, 3.05) is 23.3 Å². The first-order valence-corrected chi connectivity index (χ1v) is 10.7. The lowest BCUT2D eigenvalue weighted by molar-refractivity contribution is -0.137. The van der Waals surface area contributed by atoms with Crippen LogP contribution in [-0.4, -0.2) is 24.0 Å². The summed E-state index contributed by atoms with van der Waals surface area (Å²) >= 11 is 7.41. The Morgan fingerprint density at radius 2 is 1.97 bits per heavy atom. The SMILES string of the molecule is Cc1cc2c(N3CCC(C(=O)Nc4ccc(Cl)cc4C(F)(F)F)CC3)nccc2s1. The number of thiophene rings is 1. The molecule has 0 radical (unpaired) electrons. The molecule has 4 nitrogen and oxygen atoms in total. The smallest absolute Gasteiger partial charge is 0.356 e. The summed E-state index contributed by atoms with van der Waals surface area (Å²) in [5, 5.41) is 3.52. The zero-order chi connectivity index (χ0) is 21.5. The van der Waals surface area contributed by atoms with Gasteiger partial charge < -0.3 is 10.2 Å².